The zero-order valence-electron chi connectivity index (χ0n) is 18.1. The van der Waals surface area contributed by atoms with E-state index >= 15 is 0 Å². The van der Waals surface area contributed by atoms with Crippen LogP contribution in [0.2, 0.25) is 0 Å². The monoisotopic (exact) mass is 432 g/mol. The number of amides is 1. The molecule has 1 saturated heterocycles. The van der Waals surface area contributed by atoms with E-state index in [1.54, 1.807) is 27.6 Å². The molecule has 2 aromatic heterocycles. The summed E-state index contributed by atoms with van der Waals surface area (Å²) in [5, 5.41) is 3.13. The molecule has 166 valence electrons. The average Bonchev–Trinajstić information content (AvgIpc) is 3.11. The van der Waals surface area contributed by atoms with Gasteiger partial charge in [0.05, 0.1) is 11.0 Å². The third-order valence-corrected chi connectivity index (χ3v) is 6.31. The number of piperidine rings is 1. The molecule has 1 aromatic carbocycles. The third kappa shape index (κ3) is 4.04. The van der Waals surface area contributed by atoms with Crippen LogP contribution in [0.5, 0.6) is 0 Å². The van der Waals surface area contributed by atoms with Gasteiger partial charge in [-0.1, -0.05) is 18.2 Å². The van der Waals surface area contributed by atoms with Gasteiger partial charge < -0.3 is 10.2 Å². The number of nitrogens with zero attached hydrogens (tertiary/aromatic N) is 5. The molecule has 1 N–H and O–H groups in total. The highest BCUT2D eigenvalue weighted by atomic mass is 16.2. The lowest BCUT2D eigenvalue weighted by Gasteiger charge is -2.33. The normalized spacial score (nSPS) is 19.1. The lowest BCUT2D eigenvalue weighted by molar-refractivity contribution is -0.122. The van der Waals surface area contributed by atoms with E-state index < -0.39 is 0 Å². The second-order valence-electron chi connectivity index (χ2n) is 8.54. The van der Waals surface area contributed by atoms with Gasteiger partial charge in [-0.25, -0.2) is 14.8 Å². The summed E-state index contributed by atoms with van der Waals surface area (Å²) in [5.74, 6) is 0.542. The van der Waals surface area contributed by atoms with E-state index in [2.05, 4.69) is 26.3 Å². The fourth-order valence-corrected chi connectivity index (χ4v) is 4.81. The largest absolute Gasteiger partial charge is 0.350 e. The number of rotatable bonds is 5. The first-order chi connectivity index (χ1) is 15.7. The van der Waals surface area contributed by atoms with Crippen molar-refractivity contribution in [3.8, 4) is 0 Å². The predicted octanol–water partition coefficient (Wildman–Crippen LogP) is 2.79. The van der Waals surface area contributed by atoms with Crippen LogP contribution in [-0.2, 0) is 11.3 Å². The van der Waals surface area contributed by atoms with E-state index in [-0.39, 0.29) is 24.2 Å². The molecule has 32 heavy (non-hydrogen) atoms. The number of hydrogen-bond acceptors (Lipinski definition) is 5. The zero-order chi connectivity index (χ0) is 21.9. The number of para-hydroxylation sites is 2. The Balaban J connectivity index is 1.35. The van der Waals surface area contributed by atoms with Crippen molar-refractivity contribution < 1.29 is 4.79 Å². The van der Waals surface area contributed by atoms with E-state index in [0.29, 0.717) is 12.5 Å². The topological polar surface area (TPSA) is 85.0 Å². The van der Waals surface area contributed by atoms with Crippen molar-refractivity contribution in [3.05, 3.63) is 59.3 Å². The first-order valence-electron chi connectivity index (χ1n) is 11.4. The third-order valence-electron chi connectivity index (χ3n) is 6.31. The SMILES string of the molecule is O=C(Cn1c(=O)n(C2=CCCCC2)c2ccccc21)NC1CCCN(c2ncccn2)C1. The van der Waals surface area contributed by atoms with Gasteiger partial charge in [0.25, 0.3) is 0 Å². The van der Waals surface area contributed by atoms with Crippen LogP contribution >= 0.6 is 0 Å². The fraction of sp³-hybridized carbons (Fsp3) is 0.417. The van der Waals surface area contributed by atoms with Crippen LogP contribution in [0.3, 0.4) is 0 Å². The van der Waals surface area contributed by atoms with Crippen molar-refractivity contribution in [2.75, 3.05) is 18.0 Å². The number of aromatic nitrogens is 4. The molecule has 2 aliphatic rings. The van der Waals surface area contributed by atoms with Gasteiger partial charge in [-0.15, -0.1) is 0 Å². The molecule has 1 atom stereocenters. The highest BCUT2D eigenvalue weighted by Crippen LogP contribution is 2.25. The molecule has 0 radical (unpaired) electrons. The van der Waals surface area contributed by atoms with E-state index in [1.165, 1.54) is 0 Å². The van der Waals surface area contributed by atoms with Crippen molar-refractivity contribution >= 4 is 28.6 Å². The van der Waals surface area contributed by atoms with Crippen molar-refractivity contribution in [3.63, 3.8) is 0 Å². The second kappa shape index (κ2) is 8.98. The summed E-state index contributed by atoms with van der Waals surface area (Å²) in [4.78, 5) is 37.0. The van der Waals surface area contributed by atoms with Crippen LogP contribution in [0.1, 0.15) is 38.5 Å². The average molecular weight is 433 g/mol. The van der Waals surface area contributed by atoms with E-state index in [0.717, 1.165) is 61.8 Å². The summed E-state index contributed by atoms with van der Waals surface area (Å²) in [6.45, 7) is 1.55. The lowest BCUT2D eigenvalue weighted by atomic mass is 10.0. The Bertz CT molecular complexity index is 1200. The van der Waals surface area contributed by atoms with Gasteiger partial charge in [0.1, 0.15) is 6.54 Å². The van der Waals surface area contributed by atoms with Gasteiger partial charge in [-0.05, 0) is 56.7 Å². The van der Waals surface area contributed by atoms with Crippen molar-refractivity contribution in [2.45, 2.75) is 51.1 Å². The molecule has 0 spiro atoms. The number of carbonyl (C=O) groups is 1. The smallest absolute Gasteiger partial charge is 0.333 e. The Kier molecular flexibility index (Phi) is 5.75. The molecule has 0 bridgehead atoms. The molecular formula is C24H28N6O2. The number of allylic oxidation sites excluding steroid dienone is 2. The molecule has 1 aliphatic carbocycles. The van der Waals surface area contributed by atoms with Crippen LogP contribution in [0, 0.1) is 0 Å². The number of hydrogen-bond donors (Lipinski definition) is 1. The number of anilines is 1. The molecule has 3 aromatic rings. The van der Waals surface area contributed by atoms with Crippen molar-refractivity contribution in [1.82, 2.24) is 24.4 Å². The number of benzene rings is 1. The second-order valence-corrected chi connectivity index (χ2v) is 8.54. The van der Waals surface area contributed by atoms with Crippen LogP contribution in [-0.4, -0.2) is 44.1 Å². The van der Waals surface area contributed by atoms with Gasteiger partial charge in [0, 0.05) is 37.2 Å². The summed E-state index contributed by atoms with van der Waals surface area (Å²) < 4.78 is 3.39. The maximum atomic E-state index is 13.3. The Hall–Kier alpha value is -3.42. The van der Waals surface area contributed by atoms with Crippen molar-refractivity contribution in [2.24, 2.45) is 0 Å². The molecule has 1 aliphatic heterocycles. The van der Waals surface area contributed by atoms with Gasteiger partial charge >= 0.3 is 5.69 Å². The zero-order valence-corrected chi connectivity index (χ0v) is 18.1. The molecule has 1 fully saturated rings. The molecule has 8 heteroatoms. The molecule has 5 rings (SSSR count). The summed E-state index contributed by atoms with van der Waals surface area (Å²) in [6, 6.07) is 9.52. The number of carbonyl (C=O) groups excluding carboxylic acids is 1. The maximum absolute atomic E-state index is 13.3. The Labute approximate surface area is 186 Å². The molecular weight excluding hydrogens is 404 g/mol. The van der Waals surface area contributed by atoms with E-state index in [4.69, 9.17) is 0 Å². The Morgan fingerprint density at radius 2 is 1.88 bits per heavy atom. The molecule has 1 unspecified atom stereocenters. The predicted molar refractivity (Wildman–Crippen MR) is 124 cm³/mol. The molecule has 3 heterocycles. The minimum atomic E-state index is -0.145. The lowest BCUT2D eigenvalue weighted by Crippen LogP contribution is -2.49. The summed E-state index contributed by atoms with van der Waals surface area (Å²) in [5.41, 5.74) is 2.56. The minimum Gasteiger partial charge on any atom is -0.350 e. The van der Waals surface area contributed by atoms with Crippen LogP contribution in [0.25, 0.3) is 16.7 Å². The Morgan fingerprint density at radius 3 is 2.66 bits per heavy atom. The number of fused-ring (bicyclic) bond motifs is 1. The number of imidazole rings is 1. The van der Waals surface area contributed by atoms with Gasteiger partial charge in [-0.3, -0.25) is 13.9 Å². The maximum Gasteiger partial charge on any atom is 0.333 e. The van der Waals surface area contributed by atoms with Gasteiger partial charge in [0.2, 0.25) is 11.9 Å². The number of nitrogens with one attached hydrogen (secondary N) is 1. The first kappa shape index (κ1) is 20.5. The van der Waals surface area contributed by atoms with E-state index in [1.807, 2.05) is 24.3 Å². The first-order valence-corrected chi connectivity index (χ1v) is 11.4. The minimum absolute atomic E-state index is 0.00478. The van der Waals surface area contributed by atoms with Crippen LogP contribution < -0.4 is 15.9 Å². The van der Waals surface area contributed by atoms with Gasteiger partial charge in [-0.2, -0.15) is 0 Å². The highest BCUT2D eigenvalue weighted by molar-refractivity contribution is 5.83. The summed E-state index contributed by atoms with van der Waals surface area (Å²) >= 11 is 0. The van der Waals surface area contributed by atoms with E-state index in [9.17, 15) is 9.59 Å². The van der Waals surface area contributed by atoms with Gasteiger partial charge in [0.15, 0.2) is 0 Å². The summed E-state index contributed by atoms with van der Waals surface area (Å²) in [6.07, 6.45) is 11.6. The van der Waals surface area contributed by atoms with Crippen molar-refractivity contribution in [1.29, 1.82) is 0 Å². The highest BCUT2D eigenvalue weighted by Gasteiger charge is 2.24. The molecule has 0 saturated carbocycles. The fourth-order valence-electron chi connectivity index (χ4n) is 4.81. The Morgan fingerprint density at radius 1 is 1.06 bits per heavy atom. The molecule has 1 amide bonds. The van der Waals surface area contributed by atoms with Crippen LogP contribution in [0.15, 0.2) is 53.6 Å². The standard InChI is InChI=1S/C24H28N6O2/c31-22(27-18-8-6-15-28(16-18)23-25-13-7-14-26-23)17-29-20-11-4-5-12-21(20)30(24(29)32)19-9-2-1-3-10-19/h4-5,7,9,11-14,18H,1-3,6,8,10,15-17H2,(H,27,31). The molecule has 8 nitrogen and oxygen atoms in total. The quantitative estimate of drug-likeness (QED) is 0.670. The van der Waals surface area contributed by atoms with Crippen LogP contribution in [0.4, 0.5) is 5.95 Å². The summed E-state index contributed by atoms with van der Waals surface area (Å²) in [7, 11) is 0.